The molecule has 5 nitrogen and oxygen atoms in total. The minimum Gasteiger partial charge on any atom is -0.493 e. The Morgan fingerprint density at radius 3 is 2.60 bits per heavy atom. The van der Waals surface area contributed by atoms with Crippen molar-refractivity contribution in [2.75, 3.05) is 26.3 Å². The number of nitrogens with zero attached hydrogens (tertiary/aromatic N) is 1. The second-order valence-electron chi connectivity index (χ2n) is 6.07. The summed E-state index contributed by atoms with van der Waals surface area (Å²) in [7, 11) is 0. The summed E-state index contributed by atoms with van der Waals surface area (Å²) in [5, 5.41) is 0. The van der Waals surface area contributed by atoms with E-state index in [1.807, 2.05) is 31.2 Å². The van der Waals surface area contributed by atoms with Gasteiger partial charge in [-0.3, -0.25) is 9.59 Å². The number of ether oxygens (including phenoxy) is 2. The molecule has 0 unspecified atom stereocenters. The zero-order chi connectivity index (χ0) is 18.1. The number of esters is 1. The van der Waals surface area contributed by atoms with Crippen molar-refractivity contribution in [1.82, 2.24) is 4.90 Å². The molecule has 25 heavy (non-hydrogen) atoms. The van der Waals surface area contributed by atoms with Crippen LogP contribution in [-0.2, 0) is 14.3 Å². The molecule has 0 bridgehead atoms. The maximum atomic E-state index is 12.4. The molecule has 1 saturated heterocycles. The topological polar surface area (TPSA) is 55.8 Å². The number of carbonyl (C=O) groups is 2. The van der Waals surface area contributed by atoms with Gasteiger partial charge in [0.05, 0.1) is 19.1 Å². The molecule has 0 aliphatic carbocycles. The van der Waals surface area contributed by atoms with E-state index in [9.17, 15) is 9.59 Å². The van der Waals surface area contributed by atoms with Crippen molar-refractivity contribution in [2.45, 2.75) is 33.1 Å². The molecule has 0 atom stereocenters. The molecule has 0 aromatic heterocycles. The van der Waals surface area contributed by atoms with Crippen LogP contribution in [0.4, 0.5) is 0 Å². The predicted molar refractivity (Wildman–Crippen MR) is 97.2 cm³/mol. The Balaban J connectivity index is 1.90. The van der Waals surface area contributed by atoms with Crippen LogP contribution in [0.15, 0.2) is 30.3 Å². The predicted octanol–water partition coefficient (Wildman–Crippen LogP) is 3.29. The van der Waals surface area contributed by atoms with Crippen LogP contribution in [0.25, 0.3) is 6.08 Å². The number of benzene rings is 1. The first-order valence-electron chi connectivity index (χ1n) is 9.01. The van der Waals surface area contributed by atoms with Gasteiger partial charge in [-0.1, -0.05) is 25.1 Å². The summed E-state index contributed by atoms with van der Waals surface area (Å²) in [6.07, 6.45) is 5.64. The number of likely N-dealkylation sites (tertiary alicyclic amines) is 1. The van der Waals surface area contributed by atoms with E-state index in [-0.39, 0.29) is 17.8 Å². The smallest absolute Gasteiger partial charge is 0.309 e. The highest BCUT2D eigenvalue weighted by atomic mass is 16.5. The van der Waals surface area contributed by atoms with E-state index in [1.165, 1.54) is 0 Å². The average Bonchev–Trinajstić information content (AvgIpc) is 2.65. The summed E-state index contributed by atoms with van der Waals surface area (Å²) in [4.78, 5) is 25.9. The normalized spacial score (nSPS) is 15.4. The number of rotatable bonds is 7. The Bertz CT molecular complexity index is 603. The van der Waals surface area contributed by atoms with Gasteiger partial charge in [0, 0.05) is 24.7 Å². The Labute approximate surface area is 149 Å². The van der Waals surface area contributed by atoms with Crippen molar-refractivity contribution >= 4 is 18.0 Å². The molecule has 1 aliphatic heterocycles. The minimum atomic E-state index is -0.146. The maximum Gasteiger partial charge on any atom is 0.309 e. The highest BCUT2D eigenvalue weighted by Gasteiger charge is 2.27. The molecule has 136 valence electrons. The maximum absolute atomic E-state index is 12.4. The van der Waals surface area contributed by atoms with Gasteiger partial charge in [-0.15, -0.1) is 0 Å². The quantitative estimate of drug-likeness (QED) is 0.562. The fraction of sp³-hybridized carbons (Fsp3) is 0.500. The molecular weight excluding hydrogens is 318 g/mol. The third-order valence-corrected chi connectivity index (χ3v) is 4.21. The fourth-order valence-electron chi connectivity index (χ4n) is 2.82. The molecule has 0 radical (unpaired) electrons. The third-order valence-electron chi connectivity index (χ3n) is 4.21. The van der Waals surface area contributed by atoms with Gasteiger partial charge in [0.25, 0.3) is 0 Å². The van der Waals surface area contributed by atoms with Gasteiger partial charge in [-0.2, -0.15) is 0 Å². The minimum absolute atomic E-state index is 0.0346. The molecule has 1 aromatic carbocycles. The lowest BCUT2D eigenvalue weighted by molar-refractivity contribution is -0.150. The average molecular weight is 345 g/mol. The van der Waals surface area contributed by atoms with Crippen molar-refractivity contribution in [1.29, 1.82) is 0 Å². The van der Waals surface area contributed by atoms with E-state index < -0.39 is 0 Å². The van der Waals surface area contributed by atoms with E-state index in [0.29, 0.717) is 39.1 Å². The zero-order valence-electron chi connectivity index (χ0n) is 15.1. The summed E-state index contributed by atoms with van der Waals surface area (Å²) in [6.45, 7) is 6.09. The Hall–Kier alpha value is -2.30. The van der Waals surface area contributed by atoms with Crippen LogP contribution in [0.1, 0.15) is 38.7 Å². The van der Waals surface area contributed by atoms with Gasteiger partial charge in [0.1, 0.15) is 5.75 Å². The summed E-state index contributed by atoms with van der Waals surface area (Å²) in [6, 6.07) is 7.69. The van der Waals surface area contributed by atoms with E-state index in [4.69, 9.17) is 9.47 Å². The summed E-state index contributed by atoms with van der Waals surface area (Å²) in [5.74, 6) is 0.519. The van der Waals surface area contributed by atoms with Crippen molar-refractivity contribution in [3.05, 3.63) is 35.9 Å². The summed E-state index contributed by atoms with van der Waals surface area (Å²) in [5.41, 5.74) is 0.894. The van der Waals surface area contributed by atoms with Gasteiger partial charge in [-0.05, 0) is 38.3 Å². The van der Waals surface area contributed by atoms with Gasteiger partial charge < -0.3 is 14.4 Å². The molecule has 1 heterocycles. The molecule has 1 fully saturated rings. The standard InChI is InChI=1S/C20H27NO4/c1-3-15-25-18-8-6-5-7-16(18)9-10-19(22)21-13-11-17(12-14-21)20(23)24-4-2/h5-10,17H,3-4,11-15H2,1-2H3/b10-9+. The number of piperidine rings is 1. The van der Waals surface area contributed by atoms with Crippen LogP contribution in [0.2, 0.25) is 0 Å². The SMILES string of the molecule is CCCOc1ccccc1/C=C/C(=O)N1CCC(C(=O)OCC)CC1. The van der Waals surface area contributed by atoms with E-state index in [1.54, 1.807) is 17.1 Å². The highest BCUT2D eigenvalue weighted by Crippen LogP contribution is 2.21. The molecule has 0 spiro atoms. The van der Waals surface area contributed by atoms with Gasteiger partial charge in [-0.25, -0.2) is 0 Å². The summed E-state index contributed by atoms with van der Waals surface area (Å²) >= 11 is 0. The lowest BCUT2D eigenvalue weighted by atomic mass is 9.97. The fourth-order valence-corrected chi connectivity index (χ4v) is 2.82. The first-order chi connectivity index (χ1) is 12.2. The Morgan fingerprint density at radius 2 is 1.92 bits per heavy atom. The third kappa shape index (κ3) is 5.62. The van der Waals surface area contributed by atoms with Crippen LogP contribution in [0.3, 0.4) is 0 Å². The summed E-state index contributed by atoms with van der Waals surface area (Å²) < 4.78 is 10.8. The van der Waals surface area contributed by atoms with E-state index in [2.05, 4.69) is 6.92 Å². The monoisotopic (exact) mass is 345 g/mol. The van der Waals surface area contributed by atoms with Crippen molar-refractivity contribution in [2.24, 2.45) is 5.92 Å². The second kappa shape index (κ2) is 9.87. The lowest BCUT2D eigenvalue weighted by Gasteiger charge is -2.30. The molecule has 1 aromatic rings. The largest absolute Gasteiger partial charge is 0.493 e. The van der Waals surface area contributed by atoms with Crippen LogP contribution in [0.5, 0.6) is 5.75 Å². The van der Waals surface area contributed by atoms with Gasteiger partial charge in [0.2, 0.25) is 5.91 Å². The van der Waals surface area contributed by atoms with Crippen molar-refractivity contribution in [3.8, 4) is 5.75 Å². The lowest BCUT2D eigenvalue weighted by Crippen LogP contribution is -2.39. The van der Waals surface area contributed by atoms with E-state index in [0.717, 1.165) is 17.7 Å². The molecule has 0 N–H and O–H groups in total. The van der Waals surface area contributed by atoms with Crippen LogP contribution in [0, 0.1) is 5.92 Å². The van der Waals surface area contributed by atoms with Crippen LogP contribution >= 0.6 is 0 Å². The number of carbonyl (C=O) groups excluding carboxylic acids is 2. The molecule has 5 heteroatoms. The first kappa shape index (κ1) is 19.0. The second-order valence-corrected chi connectivity index (χ2v) is 6.07. The first-order valence-corrected chi connectivity index (χ1v) is 9.01. The highest BCUT2D eigenvalue weighted by molar-refractivity contribution is 5.92. The number of hydrogen-bond donors (Lipinski definition) is 0. The van der Waals surface area contributed by atoms with Gasteiger partial charge in [0.15, 0.2) is 0 Å². The van der Waals surface area contributed by atoms with Crippen molar-refractivity contribution in [3.63, 3.8) is 0 Å². The van der Waals surface area contributed by atoms with Crippen molar-refractivity contribution < 1.29 is 19.1 Å². The van der Waals surface area contributed by atoms with Crippen LogP contribution < -0.4 is 4.74 Å². The number of amides is 1. The molecule has 2 rings (SSSR count). The zero-order valence-corrected chi connectivity index (χ0v) is 15.1. The Morgan fingerprint density at radius 1 is 1.20 bits per heavy atom. The number of hydrogen-bond acceptors (Lipinski definition) is 4. The van der Waals surface area contributed by atoms with E-state index >= 15 is 0 Å². The Kier molecular flexibility index (Phi) is 7.51. The molecule has 1 amide bonds. The number of para-hydroxylation sites is 1. The van der Waals surface area contributed by atoms with Crippen LogP contribution in [-0.4, -0.2) is 43.1 Å². The molecule has 1 aliphatic rings. The van der Waals surface area contributed by atoms with Gasteiger partial charge >= 0.3 is 5.97 Å². The molecular formula is C20H27NO4. The molecule has 0 saturated carbocycles.